The second-order valence-electron chi connectivity index (χ2n) is 6.81. The third-order valence-corrected chi connectivity index (χ3v) is 6.06. The predicted octanol–water partition coefficient (Wildman–Crippen LogP) is 3.10. The Kier molecular flexibility index (Phi) is 4.85. The van der Waals surface area contributed by atoms with Crippen LogP contribution in [0.1, 0.15) is 31.2 Å². The zero-order chi connectivity index (χ0) is 17.3. The van der Waals surface area contributed by atoms with Crippen LogP contribution in [-0.2, 0) is 16.0 Å². The fourth-order valence-corrected chi connectivity index (χ4v) is 4.31. The summed E-state index contributed by atoms with van der Waals surface area (Å²) in [6, 6.07) is 5.86. The summed E-state index contributed by atoms with van der Waals surface area (Å²) >= 11 is 3.46. The molecular formula is C18H22BrNO4. The number of methoxy groups -OCH3 is 1. The van der Waals surface area contributed by atoms with Gasteiger partial charge in [0.05, 0.1) is 17.5 Å². The van der Waals surface area contributed by atoms with Crippen LogP contribution in [0.4, 0.5) is 0 Å². The van der Waals surface area contributed by atoms with Crippen molar-refractivity contribution in [2.45, 2.75) is 32.1 Å². The smallest absolute Gasteiger partial charge is 0.307 e. The molecule has 1 spiro atoms. The number of carbonyl (C=O) groups is 2. The lowest BCUT2D eigenvalue weighted by molar-refractivity contribution is -0.139. The number of carbonyl (C=O) groups excluding carboxylic acids is 1. The molecule has 6 heteroatoms. The number of hydrogen-bond donors (Lipinski definition) is 1. The summed E-state index contributed by atoms with van der Waals surface area (Å²) in [7, 11) is 1.63. The molecule has 1 aromatic carbocycles. The maximum Gasteiger partial charge on any atom is 0.307 e. The van der Waals surface area contributed by atoms with Gasteiger partial charge in [-0.1, -0.05) is 6.07 Å². The second-order valence-corrected chi connectivity index (χ2v) is 7.66. The molecule has 5 nitrogen and oxygen atoms in total. The van der Waals surface area contributed by atoms with Gasteiger partial charge in [0.15, 0.2) is 0 Å². The second kappa shape index (κ2) is 6.75. The highest BCUT2D eigenvalue weighted by atomic mass is 79.9. The molecule has 0 bridgehead atoms. The third kappa shape index (κ3) is 3.43. The van der Waals surface area contributed by atoms with Gasteiger partial charge in [-0.15, -0.1) is 0 Å². The summed E-state index contributed by atoms with van der Waals surface area (Å²) < 4.78 is 6.10. The third-order valence-electron chi connectivity index (χ3n) is 5.44. The maximum atomic E-state index is 12.4. The molecular weight excluding hydrogens is 374 g/mol. The lowest BCUT2D eigenvalue weighted by Crippen LogP contribution is -2.40. The topological polar surface area (TPSA) is 66.8 Å². The van der Waals surface area contributed by atoms with E-state index in [4.69, 9.17) is 9.84 Å². The van der Waals surface area contributed by atoms with Crippen molar-refractivity contribution in [1.29, 1.82) is 0 Å². The van der Waals surface area contributed by atoms with E-state index >= 15 is 0 Å². The van der Waals surface area contributed by atoms with E-state index in [0.717, 1.165) is 35.0 Å². The zero-order valence-electron chi connectivity index (χ0n) is 13.8. The molecule has 1 aliphatic heterocycles. The molecule has 1 saturated carbocycles. The first-order valence-electron chi connectivity index (χ1n) is 8.28. The van der Waals surface area contributed by atoms with Crippen LogP contribution in [0.15, 0.2) is 22.7 Å². The molecule has 3 rings (SSSR count). The molecule has 1 atom stereocenters. The molecule has 1 aromatic rings. The summed E-state index contributed by atoms with van der Waals surface area (Å²) in [5, 5.41) is 9.12. The van der Waals surface area contributed by atoms with Gasteiger partial charge in [-0.3, -0.25) is 9.59 Å². The van der Waals surface area contributed by atoms with E-state index in [1.54, 1.807) is 7.11 Å². The Balaban J connectivity index is 1.48. The number of hydrogen-bond acceptors (Lipinski definition) is 3. The van der Waals surface area contributed by atoms with Gasteiger partial charge in [-0.05, 0) is 64.7 Å². The quantitative estimate of drug-likeness (QED) is 0.831. The van der Waals surface area contributed by atoms with Crippen LogP contribution in [0, 0.1) is 11.3 Å². The monoisotopic (exact) mass is 395 g/mol. The fraction of sp³-hybridized carbons (Fsp3) is 0.556. The molecule has 1 unspecified atom stereocenters. The van der Waals surface area contributed by atoms with Gasteiger partial charge < -0.3 is 14.7 Å². The molecule has 0 aromatic heterocycles. The average molecular weight is 396 g/mol. The lowest BCUT2D eigenvalue weighted by atomic mass is 9.90. The number of nitrogens with zero attached hydrogens (tertiary/aromatic N) is 1. The van der Waals surface area contributed by atoms with Crippen molar-refractivity contribution in [3.05, 3.63) is 28.2 Å². The number of halogens is 1. The van der Waals surface area contributed by atoms with Gasteiger partial charge in [-0.25, -0.2) is 0 Å². The summed E-state index contributed by atoms with van der Waals surface area (Å²) in [6.07, 6.45) is 3.60. The van der Waals surface area contributed by atoms with Crippen molar-refractivity contribution in [1.82, 2.24) is 4.90 Å². The molecule has 1 saturated heterocycles. The van der Waals surface area contributed by atoms with Gasteiger partial charge in [-0.2, -0.15) is 0 Å². The van der Waals surface area contributed by atoms with Crippen molar-refractivity contribution in [3.8, 4) is 5.75 Å². The summed E-state index contributed by atoms with van der Waals surface area (Å²) in [4.78, 5) is 25.4. The van der Waals surface area contributed by atoms with Crippen LogP contribution >= 0.6 is 15.9 Å². The Labute approximate surface area is 150 Å². The molecule has 1 N–H and O–H groups in total. The molecule has 1 amide bonds. The van der Waals surface area contributed by atoms with Crippen LogP contribution in [0.3, 0.4) is 0 Å². The Morgan fingerprint density at radius 2 is 2.08 bits per heavy atom. The Bertz CT molecular complexity index is 652. The Hall–Kier alpha value is -1.56. The highest BCUT2D eigenvalue weighted by Crippen LogP contribution is 2.59. The van der Waals surface area contributed by atoms with E-state index in [1.807, 2.05) is 23.1 Å². The Morgan fingerprint density at radius 1 is 1.38 bits per heavy atom. The molecule has 0 radical (unpaired) electrons. The predicted molar refractivity (Wildman–Crippen MR) is 93.0 cm³/mol. The van der Waals surface area contributed by atoms with Crippen LogP contribution in [0.5, 0.6) is 5.75 Å². The standard InChI is InChI=1S/C18H22BrNO4/c1-24-15-4-2-12(10-14(15)19)3-5-16(21)20-8-6-18(7-9-20)11-13(18)17(22)23/h2,4,10,13H,3,5-9,11H2,1H3,(H,22,23). The van der Waals surface area contributed by atoms with Crippen LogP contribution in [-0.4, -0.2) is 42.1 Å². The average Bonchev–Trinajstić information content (AvgIpc) is 3.27. The van der Waals surface area contributed by atoms with Crippen molar-refractivity contribution < 1.29 is 19.4 Å². The van der Waals surface area contributed by atoms with Crippen LogP contribution in [0.2, 0.25) is 0 Å². The van der Waals surface area contributed by atoms with Gasteiger partial charge >= 0.3 is 5.97 Å². The number of piperidine rings is 1. The molecule has 1 aliphatic carbocycles. The highest BCUT2D eigenvalue weighted by molar-refractivity contribution is 9.10. The van der Waals surface area contributed by atoms with Gasteiger partial charge in [0.2, 0.25) is 5.91 Å². The van der Waals surface area contributed by atoms with E-state index in [9.17, 15) is 9.59 Å². The molecule has 24 heavy (non-hydrogen) atoms. The normalized spacial score (nSPS) is 21.6. The number of aryl methyl sites for hydroxylation is 1. The fourth-order valence-electron chi connectivity index (χ4n) is 3.73. The van der Waals surface area contributed by atoms with E-state index in [0.29, 0.717) is 25.9 Å². The molecule has 2 fully saturated rings. The first-order chi connectivity index (χ1) is 11.4. The first kappa shape index (κ1) is 17.3. The van der Waals surface area contributed by atoms with Gasteiger partial charge in [0.1, 0.15) is 5.75 Å². The van der Waals surface area contributed by atoms with Crippen LogP contribution < -0.4 is 4.74 Å². The molecule has 2 aliphatic rings. The number of rotatable bonds is 5. The number of benzene rings is 1. The van der Waals surface area contributed by atoms with Gasteiger partial charge in [0.25, 0.3) is 0 Å². The molecule has 1 heterocycles. The SMILES string of the molecule is COc1ccc(CCC(=O)N2CCC3(CC2)CC3C(=O)O)cc1Br. The number of likely N-dealkylation sites (tertiary alicyclic amines) is 1. The number of amides is 1. The minimum atomic E-state index is -0.681. The van der Waals surface area contributed by atoms with E-state index in [-0.39, 0.29) is 17.2 Å². The minimum absolute atomic E-state index is 0.0243. The number of aliphatic carboxylic acids is 1. The van der Waals surface area contributed by atoms with E-state index in [1.165, 1.54) is 0 Å². The molecule has 130 valence electrons. The largest absolute Gasteiger partial charge is 0.496 e. The highest BCUT2D eigenvalue weighted by Gasteiger charge is 2.59. The first-order valence-corrected chi connectivity index (χ1v) is 9.07. The van der Waals surface area contributed by atoms with E-state index in [2.05, 4.69) is 15.9 Å². The van der Waals surface area contributed by atoms with E-state index < -0.39 is 5.97 Å². The van der Waals surface area contributed by atoms with Crippen LogP contribution in [0.25, 0.3) is 0 Å². The van der Waals surface area contributed by atoms with Crippen molar-refractivity contribution in [2.24, 2.45) is 11.3 Å². The summed E-state index contributed by atoms with van der Waals surface area (Å²) in [5.74, 6) is 0.0689. The lowest BCUT2D eigenvalue weighted by Gasteiger charge is -2.32. The number of carboxylic acids is 1. The summed E-state index contributed by atoms with van der Waals surface area (Å²) in [5.41, 5.74) is 1.07. The summed E-state index contributed by atoms with van der Waals surface area (Å²) in [6.45, 7) is 1.38. The van der Waals surface area contributed by atoms with Crippen molar-refractivity contribution >= 4 is 27.8 Å². The van der Waals surface area contributed by atoms with Crippen molar-refractivity contribution in [3.63, 3.8) is 0 Å². The maximum absolute atomic E-state index is 12.4. The van der Waals surface area contributed by atoms with Gasteiger partial charge in [0, 0.05) is 19.5 Å². The number of ether oxygens (including phenoxy) is 1. The Morgan fingerprint density at radius 3 is 2.62 bits per heavy atom. The zero-order valence-corrected chi connectivity index (χ0v) is 15.3. The minimum Gasteiger partial charge on any atom is -0.496 e. The van der Waals surface area contributed by atoms with Crippen molar-refractivity contribution in [2.75, 3.05) is 20.2 Å². The number of carboxylic acid groups (broad SMARTS) is 1.